The second kappa shape index (κ2) is 7.62. The second-order valence-electron chi connectivity index (χ2n) is 5.22. The van der Waals surface area contributed by atoms with E-state index in [1.54, 1.807) is 0 Å². The van der Waals surface area contributed by atoms with Crippen molar-refractivity contribution >= 4 is 27.3 Å². The molecule has 1 atom stereocenters. The van der Waals surface area contributed by atoms with Crippen LogP contribution in [0, 0.1) is 0 Å². The predicted octanol–water partition coefficient (Wildman–Crippen LogP) is 5.44. The molecule has 0 saturated carbocycles. The molecule has 0 heterocycles. The van der Waals surface area contributed by atoms with E-state index in [1.807, 2.05) is 25.1 Å². The highest BCUT2D eigenvalue weighted by Gasteiger charge is 2.16. The lowest BCUT2D eigenvalue weighted by Crippen LogP contribution is -2.20. The highest BCUT2D eigenvalue weighted by molar-refractivity contribution is 9.10. The van der Waals surface area contributed by atoms with Crippen LogP contribution < -0.4 is 4.90 Å². The van der Waals surface area contributed by atoms with Gasteiger partial charge in [0.2, 0.25) is 0 Å². The standard InChI is InChI=1S/C18H22BrNO/c1-3-4-12-20(16-8-6-5-7-9-16)18-11-10-15(19)13-17(18)14(2)21/h5-11,13-14,21H,3-4,12H2,1-2H3. The largest absolute Gasteiger partial charge is 0.389 e. The fourth-order valence-electron chi connectivity index (χ4n) is 2.42. The highest BCUT2D eigenvalue weighted by atomic mass is 79.9. The molecule has 1 N–H and O–H groups in total. The quantitative estimate of drug-likeness (QED) is 0.751. The van der Waals surface area contributed by atoms with E-state index >= 15 is 0 Å². The molecule has 112 valence electrons. The zero-order valence-electron chi connectivity index (χ0n) is 12.6. The summed E-state index contributed by atoms with van der Waals surface area (Å²) in [7, 11) is 0. The molecule has 0 saturated heterocycles. The third kappa shape index (κ3) is 4.08. The first-order valence-electron chi connectivity index (χ1n) is 7.43. The van der Waals surface area contributed by atoms with E-state index in [2.05, 4.69) is 58.1 Å². The molecule has 0 radical (unpaired) electrons. The van der Waals surface area contributed by atoms with E-state index in [-0.39, 0.29) is 0 Å². The molecule has 21 heavy (non-hydrogen) atoms. The van der Waals surface area contributed by atoms with Crippen LogP contribution in [0.2, 0.25) is 0 Å². The molecule has 0 aliphatic carbocycles. The normalized spacial score (nSPS) is 12.2. The van der Waals surface area contributed by atoms with E-state index in [4.69, 9.17) is 0 Å². The zero-order valence-corrected chi connectivity index (χ0v) is 14.2. The molecular weight excluding hydrogens is 326 g/mol. The summed E-state index contributed by atoms with van der Waals surface area (Å²) < 4.78 is 0.991. The highest BCUT2D eigenvalue weighted by Crippen LogP contribution is 2.34. The number of para-hydroxylation sites is 1. The summed E-state index contributed by atoms with van der Waals surface area (Å²) in [5.41, 5.74) is 3.19. The van der Waals surface area contributed by atoms with Crippen molar-refractivity contribution in [1.29, 1.82) is 0 Å². The summed E-state index contributed by atoms with van der Waals surface area (Å²) in [5.74, 6) is 0. The Labute approximate surface area is 135 Å². The Kier molecular flexibility index (Phi) is 5.83. The first-order valence-corrected chi connectivity index (χ1v) is 8.23. The van der Waals surface area contributed by atoms with Gasteiger partial charge < -0.3 is 10.0 Å². The number of unbranched alkanes of at least 4 members (excludes halogenated alkanes) is 1. The molecule has 0 fully saturated rings. The predicted molar refractivity (Wildman–Crippen MR) is 93.1 cm³/mol. The number of halogens is 1. The van der Waals surface area contributed by atoms with Gasteiger partial charge in [0.1, 0.15) is 0 Å². The number of aliphatic hydroxyl groups is 1. The lowest BCUT2D eigenvalue weighted by Gasteiger charge is -2.28. The molecule has 0 aliphatic heterocycles. The van der Waals surface area contributed by atoms with Crippen LogP contribution in [0.3, 0.4) is 0 Å². The van der Waals surface area contributed by atoms with Crippen molar-refractivity contribution in [3.63, 3.8) is 0 Å². The lowest BCUT2D eigenvalue weighted by atomic mass is 10.1. The van der Waals surface area contributed by atoms with Crippen molar-refractivity contribution < 1.29 is 5.11 Å². The monoisotopic (exact) mass is 347 g/mol. The van der Waals surface area contributed by atoms with Gasteiger partial charge in [-0.1, -0.05) is 47.5 Å². The third-order valence-electron chi connectivity index (χ3n) is 3.53. The summed E-state index contributed by atoms with van der Waals surface area (Å²) >= 11 is 3.49. The van der Waals surface area contributed by atoms with Gasteiger partial charge in [-0.3, -0.25) is 0 Å². The molecule has 0 amide bonds. The Morgan fingerprint density at radius 2 is 1.86 bits per heavy atom. The maximum absolute atomic E-state index is 10.1. The van der Waals surface area contributed by atoms with Crippen molar-refractivity contribution in [1.82, 2.24) is 0 Å². The van der Waals surface area contributed by atoms with Crippen LogP contribution in [-0.4, -0.2) is 11.7 Å². The molecule has 1 unspecified atom stereocenters. The van der Waals surface area contributed by atoms with Crippen LogP contribution >= 0.6 is 15.9 Å². The molecule has 2 aromatic rings. The number of anilines is 2. The zero-order chi connectivity index (χ0) is 15.2. The first kappa shape index (κ1) is 16.1. The summed E-state index contributed by atoms with van der Waals surface area (Å²) in [6.45, 7) is 4.95. The van der Waals surface area contributed by atoms with Gasteiger partial charge in [0.15, 0.2) is 0 Å². The third-order valence-corrected chi connectivity index (χ3v) is 4.03. The minimum absolute atomic E-state index is 0.495. The Morgan fingerprint density at radius 3 is 2.48 bits per heavy atom. The van der Waals surface area contributed by atoms with Crippen molar-refractivity contribution in [2.45, 2.75) is 32.8 Å². The topological polar surface area (TPSA) is 23.5 Å². The van der Waals surface area contributed by atoms with Gasteiger partial charge in [-0.2, -0.15) is 0 Å². The smallest absolute Gasteiger partial charge is 0.0782 e. The SMILES string of the molecule is CCCCN(c1ccccc1)c1ccc(Br)cc1C(C)O. The molecule has 2 aromatic carbocycles. The van der Waals surface area contributed by atoms with Crippen LogP contribution in [0.15, 0.2) is 53.0 Å². The number of nitrogens with zero attached hydrogens (tertiary/aromatic N) is 1. The van der Waals surface area contributed by atoms with Crippen molar-refractivity contribution in [3.05, 3.63) is 58.6 Å². The number of hydrogen-bond donors (Lipinski definition) is 1. The van der Waals surface area contributed by atoms with Gasteiger partial charge >= 0.3 is 0 Å². The van der Waals surface area contributed by atoms with Crippen LogP contribution in [0.4, 0.5) is 11.4 Å². The molecule has 0 aromatic heterocycles. The molecule has 0 bridgehead atoms. The van der Waals surface area contributed by atoms with E-state index in [1.165, 1.54) is 0 Å². The van der Waals surface area contributed by atoms with Crippen molar-refractivity contribution in [2.75, 3.05) is 11.4 Å². The first-order chi connectivity index (χ1) is 10.1. The van der Waals surface area contributed by atoms with Crippen molar-refractivity contribution in [3.8, 4) is 0 Å². The molecule has 2 rings (SSSR count). The second-order valence-corrected chi connectivity index (χ2v) is 6.14. The molecule has 0 aliphatic rings. The summed E-state index contributed by atoms with van der Waals surface area (Å²) in [4.78, 5) is 2.29. The van der Waals surface area contributed by atoms with Crippen LogP contribution in [0.5, 0.6) is 0 Å². The molecular formula is C18H22BrNO. The van der Waals surface area contributed by atoms with E-state index in [9.17, 15) is 5.11 Å². The fourth-order valence-corrected chi connectivity index (χ4v) is 2.80. The van der Waals surface area contributed by atoms with E-state index in [0.717, 1.165) is 40.8 Å². The maximum Gasteiger partial charge on any atom is 0.0782 e. The summed E-state index contributed by atoms with van der Waals surface area (Å²) in [6, 6.07) is 16.5. The Bertz CT molecular complexity index is 569. The fraction of sp³-hybridized carbons (Fsp3) is 0.333. The van der Waals surface area contributed by atoms with Gasteiger partial charge in [0.25, 0.3) is 0 Å². The lowest BCUT2D eigenvalue weighted by molar-refractivity contribution is 0.199. The summed E-state index contributed by atoms with van der Waals surface area (Å²) in [6.07, 6.45) is 1.76. The molecule has 0 spiro atoms. The molecule has 3 heteroatoms. The average Bonchev–Trinajstić information content (AvgIpc) is 2.49. The number of hydrogen-bond acceptors (Lipinski definition) is 2. The minimum atomic E-state index is -0.495. The van der Waals surface area contributed by atoms with Crippen LogP contribution in [-0.2, 0) is 0 Å². The van der Waals surface area contributed by atoms with Crippen LogP contribution in [0.1, 0.15) is 38.4 Å². The average molecular weight is 348 g/mol. The number of aliphatic hydroxyl groups excluding tert-OH is 1. The number of rotatable bonds is 6. The van der Waals surface area contributed by atoms with E-state index < -0.39 is 6.10 Å². The Morgan fingerprint density at radius 1 is 1.14 bits per heavy atom. The number of benzene rings is 2. The van der Waals surface area contributed by atoms with E-state index in [0.29, 0.717) is 0 Å². The van der Waals surface area contributed by atoms with Gasteiger partial charge in [0.05, 0.1) is 6.10 Å². The van der Waals surface area contributed by atoms with Gasteiger partial charge in [-0.25, -0.2) is 0 Å². The Balaban J connectivity index is 2.46. The summed E-state index contributed by atoms with van der Waals surface area (Å²) in [5, 5.41) is 10.1. The maximum atomic E-state index is 10.1. The van der Waals surface area contributed by atoms with Crippen molar-refractivity contribution in [2.24, 2.45) is 0 Å². The van der Waals surface area contributed by atoms with Gasteiger partial charge in [-0.05, 0) is 43.7 Å². The van der Waals surface area contributed by atoms with Crippen LogP contribution in [0.25, 0.3) is 0 Å². The molecule has 2 nitrogen and oxygen atoms in total. The Hall–Kier alpha value is -1.32. The van der Waals surface area contributed by atoms with Gasteiger partial charge in [-0.15, -0.1) is 0 Å². The minimum Gasteiger partial charge on any atom is -0.389 e. The van der Waals surface area contributed by atoms with Gasteiger partial charge in [0, 0.05) is 28.0 Å².